The number of carboxylic acids is 1. The minimum atomic E-state index is -1.19. The molecule has 0 saturated heterocycles. The third kappa shape index (κ3) is 5.22. The summed E-state index contributed by atoms with van der Waals surface area (Å²) in [6.07, 6.45) is 0. The van der Waals surface area contributed by atoms with Gasteiger partial charge in [-0.2, -0.15) is 0 Å². The van der Waals surface area contributed by atoms with E-state index < -0.39 is 18.5 Å². The number of nitrogens with one attached hydrogen (secondary N) is 1. The van der Waals surface area contributed by atoms with Gasteiger partial charge in [-0.15, -0.1) is 0 Å². The molecular weight excluding hydrogens is 285 g/mol. The first-order valence-electron chi connectivity index (χ1n) is 4.69. The molecule has 0 atom stereocenters. The van der Waals surface area contributed by atoms with E-state index in [4.69, 9.17) is 33.0 Å². The zero-order chi connectivity index (χ0) is 13.5. The molecule has 0 bridgehead atoms. The number of carbonyl (C=O) groups excluding carboxylic acids is 1. The molecule has 0 spiro atoms. The minimum absolute atomic E-state index is 0.303. The highest BCUT2D eigenvalue weighted by molar-refractivity contribution is 6.42. The van der Waals surface area contributed by atoms with E-state index in [1.54, 1.807) is 6.07 Å². The molecule has 1 amide bonds. The molecule has 0 saturated carbocycles. The topological polar surface area (TPSA) is 84.9 Å². The summed E-state index contributed by atoms with van der Waals surface area (Å²) in [7, 11) is 0. The maximum Gasteiger partial charge on any atom is 0.332 e. The first-order chi connectivity index (χ1) is 8.49. The van der Waals surface area contributed by atoms with Gasteiger partial charge in [0.15, 0.2) is 13.2 Å². The molecule has 6 nitrogen and oxygen atoms in total. The van der Waals surface area contributed by atoms with Crippen LogP contribution in [0, 0.1) is 0 Å². The van der Waals surface area contributed by atoms with Crippen LogP contribution in [0.4, 0.5) is 0 Å². The Morgan fingerprint density at radius 1 is 1.22 bits per heavy atom. The van der Waals surface area contributed by atoms with Crippen molar-refractivity contribution in [3.8, 4) is 5.75 Å². The predicted molar refractivity (Wildman–Crippen MR) is 63.7 cm³/mol. The number of benzene rings is 1. The summed E-state index contributed by atoms with van der Waals surface area (Å²) in [5, 5.41) is 8.93. The van der Waals surface area contributed by atoms with Gasteiger partial charge in [0.1, 0.15) is 5.75 Å². The van der Waals surface area contributed by atoms with Crippen molar-refractivity contribution in [1.29, 1.82) is 0 Å². The van der Waals surface area contributed by atoms with Gasteiger partial charge in [-0.3, -0.25) is 9.63 Å². The van der Waals surface area contributed by atoms with Crippen LogP contribution < -0.4 is 10.2 Å². The number of aliphatic carboxylic acids is 1. The first-order valence-corrected chi connectivity index (χ1v) is 5.45. The average molecular weight is 294 g/mol. The second kappa shape index (κ2) is 7.05. The lowest BCUT2D eigenvalue weighted by Gasteiger charge is -2.07. The summed E-state index contributed by atoms with van der Waals surface area (Å²) in [6, 6.07) is 4.52. The molecule has 98 valence electrons. The van der Waals surface area contributed by atoms with Crippen LogP contribution >= 0.6 is 23.2 Å². The first kappa shape index (κ1) is 14.6. The van der Waals surface area contributed by atoms with Crippen molar-refractivity contribution >= 4 is 35.1 Å². The maximum atomic E-state index is 11.1. The maximum absolute atomic E-state index is 11.1. The number of rotatable bonds is 6. The van der Waals surface area contributed by atoms with Crippen molar-refractivity contribution in [3.05, 3.63) is 28.2 Å². The number of ether oxygens (including phenoxy) is 1. The molecule has 0 unspecified atom stereocenters. The number of amides is 1. The SMILES string of the molecule is O=C(O)CONC(=O)COc1ccc(Cl)c(Cl)c1. The molecule has 0 aliphatic heterocycles. The van der Waals surface area contributed by atoms with E-state index in [1.165, 1.54) is 12.1 Å². The molecule has 0 aromatic heterocycles. The van der Waals surface area contributed by atoms with Crippen molar-refractivity contribution in [1.82, 2.24) is 5.48 Å². The van der Waals surface area contributed by atoms with Gasteiger partial charge < -0.3 is 9.84 Å². The molecule has 0 heterocycles. The summed E-state index contributed by atoms with van der Waals surface area (Å²) in [4.78, 5) is 25.6. The lowest BCUT2D eigenvalue weighted by atomic mass is 10.3. The number of carboxylic acid groups (broad SMARTS) is 1. The van der Waals surface area contributed by atoms with E-state index in [0.29, 0.717) is 15.8 Å². The zero-order valence-electron chi connectivity index (χ0n) is 8.98. The molecule has 8 heteroatoms. The van der Waals surface area contributed by atoms with Crippen LogP contribution in [0.3, 0.4) is 0 Å². The number of hydroxylamine groups is 1. The number of hydrogen-bond acceptors (Lipinski definition) is 4. The highest BCUT2D eigenvalue weighted by Gasteiger charge is 2.05. The second-order valence-electron chi connectivity index (χ2n) is 3.07. The Bertz CT molecular complexity index is 452. The largest absolute Gasteiger partial charge is 0.484 e. The van der Waals surface area contributed by atoms with Gasteiger partial charge in [-0.05, 0) is 12.1 Å². The molecule has 1 aromatic rings. The van der Waals surface area contributed by atoms with E-state index in [9.17, 15) is 9.59 Å². The quantitative estimate of drug-likeness (QED) is 0.777. The van der Waals surface area contributed by atoms with Gasteiger partial charge in [0, 0.05) is 6.07 Å². The fourth-order valence-corrected chi connectivity index (χ4v) is 1.21. The van der Waals surface area contributed by atoms with Crippen molar-refractivity contribution in [2.24, 2.45) is 0 Å². The Hall–Kier alpha value is -1.50. The fourth-order valence-electron chi connectivity index (χ4n) is 0.923. The van der Waals surface area contributed by atoms with Crippen LogP contribution in [0.1, 0.15) is 0 Å². The van der Waals surface area contributed by atoms with Crippen molar-refractivity contribution < 1.29 is 24.3 Å². The summed E-state index contributed by atoms with van der Waals surface area (Å²) < 4.78 is 5.08. The van der Waals surface area contributed by atoms with Gasteiger partial charge in [-0.25, -0.2) is 10.3 Å². The number of halogens is 2. The monoisotopic (exact) mass is 293 g/mol. The zero-order valence-corrected chi connectivity index (χ0v) is 10.5. The Balaban J connectivity index is 2.33. The Kier molecular flexibility index (Phi) is 5.70. The van der Waals surface area contributed by atoms with Crippen LogP contribution in [0.25, 0.3) is 0 Å². The van der Waals surface area contributed by atoms with Crippen molar-refractivity contribution in [3.63, 3.8) is 0 Å². The summed E-state index contributed by atoms with van der Waals surface area (Å²) in [5.74, 6) is -1.46. The standard InChI is InChI=1S/C10H9Cl2NO5/c11-7-2-1-6(3-8(7)12)17-4-9(14)13-18-5-10(15)16/h1-3H,4-5H2,(H,13,14)(H,15,16). The number of hydrogen-bond donors (Lipinski definition) is 2. The molecular formula is C10H9Cl2NO5. The Morgan fingerprint density at radius 2 is 1.94 bits per heavy atom. The minimum Gasteiger partial charge on any atom is -0.484 e. The second-order valence-corrected chi connectivity index (χ2v) is 3.89. The third-order valence-corrected chi connectivity index (χ3v) is 2.38. The van der Waals surface area contributed by atoms with Crippen molar-refractivity contribution in [2.75, 3.05) is 13.2 Å². The number of carbonyl (C=O) groups is 2. The van der Waals surface area contributed by atoms with Gasteiger partial charge in [-0.1, -0.05) is 23.2 Å². The van der Waals surface area contributed by atoms with Gasteiger partial charge in [0.25, 0.3) is 5.91 Å². The molecule has 1 aromatic carbocycles. The normalized spacial score (nSPS) is 9.89. The molecule has 0 aliphatic carbocycles. The van der Waals surface area contributed by atoms with Crippen LogP contribution in [0.2, 0.25) is 10.0 Å². The van der Waals surface area contributed by atoms with E-state index in [2.05, 4.69) is 4.84 Å². The van der Waals surface area contributed by atoms with Crippen LogP contribution in [-0.2, 0) is 14.4 Å². The van der Waals surface area contributed by atoms with E-state index >= 15 is 0 Å². The summed E-state index contributed by atoms with van der Waals surface area (Å²) in [5.41, 5.74) is 1.91. The van der Waals surface area contributed by atoms with Crippen LogP contribution in [0.15, 0.2) is 18.2 Å². The molecule has 18 heavy (non-hydrogen) atoms. The smallest absolute Gasteiger partial charge is 0.332 e. The molecule has 1 rings (SSSR count). The van der Waals surface area contributed by atoms with Gasteiger partial charge in [0.05, 0.1) is 10.0 Å². The molecule has 0 radical (unpaired) electrons. The lowest BCUT2D eigenvalue weighted by molar-refractivity contribution is -0.149. The van der Waals surface area contributed by atoms with E-state index in [-0.39, 0.29) is 6.61 Å². The van der Waals surface area contributed by atoms with Gasteiger partial charge >= 0.3 is 5.97 Å². The Morgan fingerprint density at radius 3 is 2.56 bits per heavy atom. The highest BCUT2D eigenvalue weighted by Crippen LogP contribution is 2.26. The van der Waals surface area contributed by atoms with Crippen LogP contribution in [-0.4, -0.2) is 30.2 Å². The average Bonchev–Trinajstić information content (AvgIpc) is 2.30. The highest BCUT2D eigenvalue weighted by atomic mass is 35.5. The lowest BCUT2D eigenvalue weighted by Crippen LogP contribution is -2.30. The predicted octanol–water partition coefficient (Wildman–Crippen LogP) is 1.50. The van der Waals surface area contributed by atoms with Crippen molar-refractivity contribution in [2.45, 2.75) is 0 Å². The van der Waals surface area contributed by atoms with E-state index in [1.807, 2.05) is 5.48 Å². The summed E-state index contributed by atoms with van der Waals surface area (Å²) >= 11 is 11.4. The van der Waals surface area contributed by atoms with Gasteiger partial charge in [0.2, 0.25) is 0 Å². The fraction of sp³-hybridized carbons (Fsp3) is 0.200. The summed E-state index contributed by atoms with van der Waals surface area (Å²) in [6.45, 7) is -0.962. The molecule has 0 fully saturated rings. The third-order valence-electron chi connectivity index (χ3n) is 1.64. The van der Waals surface area contributed by atoms with E-state index in [0.717, 1.165) is 0 Å². The molecule has 2 N–H and O–H groups in total. The molecule has 0 aliphatic rings. The Labute approximate surface area is 112 Å². The van der Waals surface area contributed by atoms with Crippen LogP contribution in [0.5, 0.6) is 5.75 Å².